The van der Waals surface area contributed by atoms with Crippen molar-refractivity contribution in [2.75, 3.05) is 25.6 Å². The van der Waals surface area contributed by atoms with E-state index in [9.17, 15) is 8.42 Å². The Balaban J connectivity index is 2.07. The summed E-state index contributed by atoms with van der Waals surface area (Å²) in [6.07, 6.45) is 2.28. The SMILES string of the molecule is CCCOCCOC1C=CS(=O)(=O)C1. The highest BCUT2D eigenvalue weighted by molar-refractivity contribution is 7.94. The molecule has 0 spiro atoms. The van der Waals surface area contributed by atoms with E-state index in [2.05, 4.69) is 0 Å². The Morgan fingerprint density at radius 1 is 1.36 bits per heavy atom. The fourth-order valence-electron chi connectivity index (χ4n) is 1.16. The third kappa shape index (κ3) is 4.21. The monoisotopic (exact) mass is 220 g/mol. The number of hydrogen-bond acceptors (Lipinski definition) is 4. The van der Waals surface area contributed by atoms with Gasteiger partial charge in [-0.2, -0.15) is 0 Å². The van der Waals surface area contributed by atoms with Gasteiger partial charge in [-0.1, -0.05) is 6.92 Å². The lowest BCUT2D eigenvalue weighted by Gasteiger charge is -2.08. The molecular formula is C9H16O4S. The van der Waals surface area contributed by atoms with E-state index >= 15 is 0 Å². The van der Waals surface area contributed by atoms with Gasteiger partial charge in [0.05, 0.1) is 25.1 Å². The van der Waals surface area contributed by atoms with Gasteiger partial charge >= 0.3 is 0 Å². The van der Waals surface area contributed by atoms with Crippen LogP contribution in [0.3, 0.4) is 0 Å². The van der Waals surface area contributed by atoms with Crippen LogP contribution in [-0.2, 0) is 19.3 Å². The average Bonchev–Trinajstić information content (AvgIpc) is 2.45. The van der Waals surface area contributed by atoms with Gasteiger partial charge in [-0.3, -0.25) is 0 Å². The zero-order valence-electron chi connectivity index (χ0n) is 8.31. The molecule has 0 aromatic rings. The lowest BCUT2D eigenvalue weighted by molar-refractivity contribution is 0.0316. The van der Waals surface area contributed by atoms with Crippen LogP contribution in [0.2, 0.25) is 0 Å². The smallest absolute Gasteiger partial charge is 0.174 e. The molecule has 82 valence electrons. The number of rotatable bonds is 6. The van der Waals surface area contributed by atoms with Gasteiger partial charge in [-0.05, 0) is 12.5 Å². The van der Waals surface area contributed by atoms with Gasteiger partial charge in [0, 0.05) is 12.0 Å². The fourth-order valence-corrected chi connectivity index (χ4v) is 2.35. The van der Waals surface area contributed by atoms with Gasteiger partial charge in [0.2, 0.25) is 0 Å². The van der Waals surface area contributed by atoms with Gasteiger partial charge in [0.1, 0.15) is 0 Å². The van der Waals surface area contributed by atoms with Crippen LogP contribution in [0.1, 0.15) is 13.3 Å². The maximum Gasteiger partial charge on any atom is 0.174 e. The lowest BCUT2D eigenvalue weighted by atomic mass is 10.4. The number of ether oxygens (including phenoxy) is 2. The van der Waals surface area contributed by atoms with Crippen molar-refractivity contribution in [3.8, 4) is 0 Å². The van der Waals surface area contributed by atoms with Crippen LogP contribution in [0.25, 0.3) is 0 Å². The van der Waals surface area contributed by atoms with E-state index in [1.807, 2.05) is 6.92 Å². The summed E-state index contributed by atoms with van der Waals surface area (Å²) in [6.45, 7) is 3.73. The Labute approximate surface area is 84.8 Å². The summed E-state index contributed by atoms with van der Waals surface area (Å²) in [7, 11) is -2.99. The lowest BCUT2D eigenvalue weighted by Crippen LogP contribution is -2.18. The summed E-state index contributed by atoms with van der Waals surface area (Å²) in [5.74, 6) is 0.0702. The van der Waals surface area contributed by atoms with Crippen molar-refractivity contribution in [3.05, 3.63) is 11.5 Å². The molecule has 4 nitrogen and oxygen atoms in total. The van der Waals surface area contributed by atoms with Crippen LogP contribution in [0.4, 0.5) is 0 Å². The molecule has 0 saturated heterocycles. The number of hydrogen-bond donors (Lipinski definition) is 0. The molecule has 0 aliphatic carbocycles. The third-order valence-corrected chi connectivity index (χ3v) is 3.17. The van der Waals surface area contributed by atoms with Gasteiger partial charge in [-0.25, -0.2) is 8.42 Å². The van der Waals surface area contributed by atoms with Crippen LogP contribution in [0.5, 0.6) is 0 Å². The Morgan fingerprint density at radius 2 is 2.14 bits per heavy atom. The minimum Gasteiger partial charge on any atom is -0.379 e. The zero-order chi connectivity index (χ0) is 10.4. The maximum atomic E-state index is 11.0. The van der Waals surface area contributed by atoms with E-state index in [0.29, 0.717) is 13.2 Å². The van der Waals surface area contributed by atoms with Crippen molar-refractivity contribution in [2.24, 2.45) is 0 Å². The maximum absolute atomic E-state index is 11.0. The predicted octanol–water partition coefficient (Wildman–Crippen LogP) is 0.740. The molecule has 1 unspecified atom stereocenters. The first-order chi connectivity index (χ1) is 6.64. The summed E-state index contributed by atoms with van der Waals surface area (Å²) in [5.41, 5.74) is 0. The summed E-state index contributed by atoms with van der Waals surface area (Å²) < 4.78 is 32.4. The summed E-state index contributed by atoms with van der Waals surface area (Å²) in [4.78, 5) is 0. The first-order valence-electron chi connectivity index (χ1n) is 4.74. The van der Waals surface area contributed by atoms with Crippen molar-refractivity contribution in [1.29, 1.82) is 0 Å². The molecule has 1 atom stereocenters. The highest BCUT2D eigenvalue weighted by atomic mass is 32.2. The van der Waals surface area contributed by atoms with Crippen molar-refractivity contribution >= 4 is 9.84 Å². The molecule has 0 saturated carbocycles. The Kier molecular flexibility index (Phi) is 4.57. The van der Waals surface area contributed by atoms with Crippen molar-refractivity contribution in [3.63, 3.8) is 0 Å². The summed E-state index contributed by atoms with van der Waals surface area (Å²) in [6, 6.07) is 0. The minimum absolute atomic E-state index is 0.0702. The van der Waals surface area contributed by atoms with Gasteiger partial charge in [0.15, 0.2) is 9.84 Å². The molecule has 0 aromatic carbocycles. The Hall–Kier alpha value is -0.390. The van der Waals surface area contributed by atoms with Crippen molar-refractivity contribution in [1.82, 2.24) is 0 Å². The second-order valence-corrected chi connectivity index (χ2v) is 5.11. The van der Waals surface area contributed by atoms with E-state index < -0.39 is 9.84 Å². The topological polar surface area (TPSA) is 52.6 Å². The Morgan fingerprint density at radius 3 is 2.71 bits per heavy atom. The standard InChI is InChI=1S/C9H16O4S/c1-2-4-12-5-6-13-9-3-7-14(10,11)8-9/h3,7,9H,2,4-6,8H2,1H3. The molecule has 1 aliphatic rings. The molecule has 0 N–H and O–H groups in total. The van der Waals surface area contributed by atoms with Crippen LogP contribution < -0.4 is 0 Å². The van der Waals surface area contributed by atoms with Crippen LogP contribution in [0, 0.1) is 0 Å². The van der Waals surface area contributed by atoms with Gasteiger partial charge < -0.3 is 9.47 Å². The second kappa shape index (κ2) is 5.48. The molecule has 0 aromatic heterocycles. The highest BCUT2D eigenvalue weighted by Gasteiger charge is 2.21. The molecule has 1 aliphatic heterocycles. The quantitative estimate of drug-likeness (QED) is 0.619. The largest absolute Gasteiger partial charge is 0.379 e. The molecule has 0 fully saturated rings. The third-order valence-electron chi connectivity index (χ3n) is 1.81. The molecule has 1 rings (SSSR count). The van der Waals surface area contributed by atoms with Gasteiger partial charge in [-0.15, -0.1) is 0 Å². The Bertz CT molecular complexity index is 281. The van der Waals surface area contributed by atoms with E-state index in [1.165, 1.54) is 5.41 Å². The van der Waals surface area contributed by atoms with E-state index in [-0.39, 0.29) is 11.9 Å². The van der Waals surface area contributed by atoms with Crippen molar-refractivity contribution < 1.29 is 17.9 Å². The molecule has 0 bridgehead atoms. The molecule has 0 amide bonds. The van der Waals surface area contributed by atoms with E-state index in [4.69, 9.17) is 9.47 Å². The average molecular weight is 220 g/mol. The fraction of sp³-hybridized carbons (Fsp3) is 0.778. The highest BCUT2D eigenvalue weighted by Crippen LogP contribution is 2.10. The molecule has 5 heteroatoms. The second-order valence-electron chi connectivity index (χ2n) is 3.18. The van der Waals surface area contributed by atoms with Gasteiger partial charge in [0.25, 0.3) is 0 Å². The zero-order valence-corrected chi connectivity index (χ0v) is 9.13. The minimum atomic E-state index is -2.99. The summed E-state index contributed by atoms with van der Waals surface area (Å²) >= 11 is 0. The first kappa shape index (κ1) is 11.7. The first-order valence-corrected chi connectivity index (χ1v) is 6.46. The van der Waals surface area contributed by atoms with E-state index in [1.54, 1.807) is 6.08 Å². The van der Waals surface area contributed by atoms with Crippen LogP contribution >= 0.6 is 0 Å². The predicted molar refractivity (Wildman–Crippen MR) is 53.8 cm³/mol. The molecule has 14 heavy (non-hydrogen) atoms. The number of sulfone groups is 1. The van der Waals surface area contributed by atoms with Crippen molar-refractivity contribution in [2.45, 2.75) is 19.4 Å². The van der Waals surface area contributed by atoms with Crippen LogP contribution in [-0.4, -0.2) is 40.1 Å². The molecular weight excluding hydrogens is 204 g/mol. The molecule has 0 radical (unpaired) electrons. The van der Waals surface area contributed by atoms with E-state index in [0.717, 1.165) is 13.0 Å². The normalized spacial score (nSPS) is 24.2. The van der Waals surface area contributed by atoms with Crippen LogP contribution in [0.15, 0.2) is 11.5 Å². The summed E-state index contributed by atoms with van der Waals surface area (Å²) in [5, 5.41) is 1.21. The molecule has 1 heterocycles.